The number of pyridine rings is 1. The maximum Gasteiger partial charge on any atom is 0.229 e. The third-order valence-corrected chi connectivity index (χ3v) is 7.06. The van der Waals surface area contributed by atoms with Gasteiger partial charge in [0.1, 0.15) is 6.04 Å². The van der Waals surface area contributed by atoms with Gasteiger partial charge in [-0.1, -0.05) is 6.07 Å². The fourth-order valence-corrected chi connectivity index (χ4v) is 5.62. The van der Waals surface area contributed by atoms with Gasteiger partial charge < -0.3 is 19.5 Å². The van der Waals surface area contributed by atoms with E-state index in [4.69, 9.17) is 17.0 Å². The molecule has 3 aromatic rings. The molecule has 3 atom stereocenters. The first-order valence-corrected chi connectivity index (χ1v) is 13.5. The first-order valence-electron chi connectivity index (χ1n) is 11.2. The largest absolute Gasteiger partial charge is 0.376 e. The fraction of sp³-hybridized carbons (Fsp3) is 0.333. The molecule has 2 saturated heterocycles. The highest BCUT2D eigenvalue weighted by Gasteiger charge is 2.42. The highest BCUT2D eigenvalue weighted by molar-refractivity contribution is 7.92. The second-order valence-electron chi connectivity index (χ2n) is 8.64. The summed E-state index contributed by atoms with van der Waals surface area (Å²) in [6, 6.07) is 17.0. The van der Waals surface area contributed by atoms with Crippen molar-refractivity contribution in [3.05, 3.63) is 78.4 Å². The number of anilines is 2. The average molecular weight is 498 g/mol. The Morgan fingerprint density at radius 3 is 2.68 bits per heavy atom. The lowest BCUT2D eigenvalue weighted by molar-refractivity contribution is 0.0961. The smallest absolute Gasteiger partial charge is 0.229 e. The van der Waals surface area contributed by atoms with Crippen LogP contribution in [0.1, 0.15) is 36.3 Å². The van der Waals surface area contributed by atoms with Crippen LogP contribution in [0.25, 0.3) is 0 Å². The van der Waals surface area contributed by atoms with Gasteiger partial charge in [-0.05, 0) is 73.6 Å². The van der Waals surface area contributed by atoms with Gasteiger partial charge in [0.05, 0.1) is 24.1 Å². The number of hydrogen-bond donors (Lipinski definition) is 2. The van der Waals surface area contributed by atoms with Gasteiger partial charge in [-0.15, -0.1) is 0 Å². The SMILES string of the molecule is CS(=O)(=O)Nc1ccc(N2C(=S)NC(c3ccccn3)C2c2cccn2CC2CCCO2)cc1. The van der Waals surface area contributed by atoms with Gasteiger partial charge in [0.25, 0.3) is 0 Å². The third kappa shape index (κ3) is 4.79. The summed E-state index contributed by atoms with van der Waals surface area (Å²) in [6.45, 7) is 1.60. The lowest BCUT2D eigenvalue weighted by atomic mass is 10.0. The van der Waals surface area contributed by atoms with E-state index in [0.717, 1.165) is 49.3 Å². The molecule has 3 unspecified atom stereocenters. The summed E-state index contributed by atoms with van der Waals surface area (Å²) in [7, 11) is -3.35. The van der Waals surface area contributed by atoms with Crippen molar-refractivity contribution in [3.63, 3.8) is 0 Å². The Bertz CT molecular complexity index is 1260. The van der Waals surface area contributed by atoms with Crippen molar-refractivity contribution in [2.24, 2.45) is 0 Å². The Labute approximate surface area is 205 Å². The molecule has 4 heterocycles. The van der Waals surface area contributed by atoms with Gasteiger partial charge in [-0.3, -0.25) is 9.71 Å². The van der Waals surface area contributed by atoms with Crippen molar-refractivity contribution in [1.29, 1.82) is 0 Å². The van der Waals surface area contributed by atoms with Crippen molar-refractivity contribution < 1.29 is 13.2 Å². The molecular weight excluding hydrogens is 470 g/mol. The van der Waals surface area contributed by atoms with Crippen LogP contribution in [0.15, 0.2) is 67.0 Å². The Hall–Kier alpha value is -2.95. The van der Waals surface area contributed by atoms with E-state index in [1.165, 1.54) is 0 Å². The number of ether oxygens (including phenoxy) is 1. The lowest BCUT2D eigenvalue weighted by Gasteiger charge is -2.29. The second kappa shape index (κ2) is 9.36. The molecule has 2 aromatic heterocycles. The van der Waals surface area contributed by atoms with Crippen molar-refractivity contribution in [1.82, 2.24) is 14.9 Å². The number of thiocarbonyl (C=S) groups is 1. The molecule has 2 N–H and O–H groups in total. The van der Waals surface area contributed by atoms with Crippen LogP contribution in [-0.2, 0) is 21.3 Å². The van der Waals surface area contributed by atoms with Crippen LogP contribution >= 0.6 is 12.2 Å². The summed E-state index contributed by atoms with van der Waals surface area (Å²) in [5, 5.41) is 4.06. The monoisotopic (exact) mass is 497 g/mol. The molecule has 0 radical (unpaired) electrons. The standard InChI is InChI=1S/C24H27N5O3S2/c1-34(30,31)27-17-9-11-18(12-10-17)29-23(22(26-24(29)33)20-7-2-3-13-25-20)21-8-4-14-28(21)16-19-6-5-15-32-19/h2-4,7-14,19,22-23,27H,5-6,15-16H2,1H3,(H,26,33). The number of rotatable bonds is 7. The van der Waals surface area contributed by atoms with Gasteiger partial charge in [-0.25, -0.2) is 8.42 Å². The van der Waals surface area contributed by atoms with Crippen LogP contribution in [-0.4, -0.2) is 42.0 Å². The third-order valence-electron chi connectivity index (χ3n) is 6.14. The minimum absolute atomic E-state index is 0.146. The number of aromatic nitrogens is 2. The molecule has 0 amide bonds. The Kier molecular flexibility index (Phi) is 6.28. The zero-order chi connectivity index (χ0) is 23.7. The minimum Gasteiger partial charge on any atom is -0.376 e. The van der Waals surface area contributed by atoms with Crippen molar-refractivity contribution >= 4 is 38.7 Å². The van der Waals surface area contributed by atoms with E-state index in [0.29, 0.717) is 10.8 Å². The highest BCUT2D eigenvalue weighted by atomic mass is 32.2. The van der Waals surface area contributed by atoms with Gasteiger partial charge in [0, 0.05) is 42.6 Å². The quantitative estimate of drug-likeness (QED) is 0.482. The van der Waals surface area contributed by atoms with E-state index in [1.807, 2.05) is 30.3 Å². The van der Waals surface area contributed by atoms with Crippen LogP contribution in [0.5, 0.6) is 0 Å². The molecule has 8 nitrogen and oxygen atoms in total. The Morgan fingerprint density at radius 2 is 2.00 bits per heavy atom. The number of nitrogens with zero attached hydrogens (tertiary/aromatic N) is 3. The fourth-order valence-electron chi connectivity index (χ4n) is 4.71. The van der Waals surface area contributed by atoms with Crippen molar-refractivity contribution in [2.45, 2.75) is 37.6 Å². The molecule has 2 fully saturated rings. The van der Waals surface area contributed by atoms with Crippen LogP contribution in [0, 0.1) is 0 Å². The molecule has 2 aliphatic rings. The van der Waals surface area contributed by atoms with E-state index in [-0.39, 0.29) is 18.2 Å². The molecule has 34 heavy (non-hydrogen) atoms. The first kappa shape index (κ1) is 22.8. The number of hydrogen-bond acceptors (Lipinski definition) is 5. The van der Waals surface area contributed by atoms with Gasteiger partial charge in [0.2, 0.25) is 10.0 Å². The van der Waals surface area contributed by atoms with Gasteiger partial charge >= 0.3 is 0 Å². The second-order valence-corrected chi connectivity index (χ2v) is 10.8. The molecule has 0 saturated carbocycles. The molecule has 0 aliphatic carbocycles. The normalized spacial score (nSPS) is 22.7. The molecular formula is C24H27N5O3S2. The zero-order valence-corrected chi connectivity index (χ0v) is 20.4. The maximum atomic E-state index is 11.6. The van der Waals surface area contributed by atoms with Crippen LogP contribution in [0.3, 0.4) is 0 Å². The van der Waals surface area contributed by atoms with E-state index in [2.05, 4.69) is 42.8 Å². The number of benzene rings is 1. The van der Waals surface area contributed by atoms with Gasteiger partial charge in [0.15, 0.2) is 5.11 Å². The molecule has 5 rings (SSSR count). The molecule has 0 spiro atoms. The van der Waals surface area contributed by atoms with Crippen LogP contribution in [0.4, 0.5) is 11.4 Å². The first-order chi connectivity index (χ1) is 16.4. The van der Waals surface area contributed by atoms with Crippen LogP contribution in [0.2, 0.25) is 0 Å². The van der Waals surface area contributed by atoms with Gasteiger partial charge in [-0.2, -0.15) is 0 Å². The maximum absolute atomic E-state index is 11.6. The average Bonchev–Trinajstić information content (AvgIpc) is 3.55. The lowest BCUT2D eigenvalue weighted by Crippen LogP contribution is -2.31. The molecule has 2 aliphatic heterocycles. The topological polar surface area (TPSA) is 88.5 Å². The molecule has 178 valence electrons. The van der Waals surface area contributed by atoms with Crippen LogP contribution < -0.4 is 14.9 Å². The molecule has 10 heteroatoms. The van der Waals surface area contributed by atoms with E-state index in [9.17, 15) is 8.42 Å². The highest BCUT2D eigenvalue weighted by Crippen LogP contribution is 2.42. The predicted octanol–water partition coefficient (Wildman–Crippen LogP) is 3.61. The zero-order valence-electron chi connectivity index (χ0n) is 18.8. The summed E-state index contributed by atoms with van der Waals surface area (Å²) < 4.78 is 33.9. The van der Waals surface area contributed by atoms with E-state index in [1.54, 1.807) is 18.3 Å². The van der Waals surface area contributed by atoms with E-state index >= 15 is 0 Å². The summed E-state index contributed by atoms with van der Waals surface area (Å²) in [5.74, 6) is 0. The van der Waals surface area contributed by atoms with E-state index < -0.39 is 10.0 Å². The summed E-state index contributed by atoms with van der Waals surface area (Å²) in [6.07, 6.45) is 7.36. The summed E-state index contributed by atoms with van der Waals surface area (Å²) >= 11 is 5.80. The Morgan fingerprint density at radius 1 is 1.18 bits per heavy atom. The van der Waals surface area contributed by atoms with Crippen molar-refractivity contribution in [2.75, 3.05) is 22.5 Å². The predicted molar refractivity (Wildman–Crippen MR) is 136 cm³/mol. The summed E-state index contributed by atoms with van der Waals surface area (Å²) in [5.41, 5.74) is 3.38. The molecule has 0 bridgehead atoms. The number of nitrogens with one attached hydrogen (secondary N) is 2. The molecule has 1 aromatic carbocycles. The number of sulfonamides is 1. The minimum atomic E-state index is -3.35. The van der Waals surface area contributed by atoms with Crippen molar-refractivity contribution in [3.8, 4) is 0 Å². The summed E-state index contributed by atoms with van der Waals surface area (Å²) in [4.78, 5) is 6.69. The Balaban J connectivity index is 1.53.